The molecule has 1 aliphatic heterocycles. The predicted molar refractivity (Wildman–Crippen MR) is 162 cm³/mol. The van der Waals surface area contributed by atoms with Gasteiger partial charge in [-0.2, -0.15) is 0 Å². The number of carbonyl (C=O) groups excluding carboxylic acids is 1. The second kappa shape index (κ2) is 17.3. The van der Waals surface area contributed by atoms with Gasteiger partial charge in [0.15, 0.2) is 11.6 Å². The summed E-state index contributed by atoms with van der Waals surface area (Å²) < 4.78 is 4.97. The summed E-state index contributed by atoms with van der Waals surface area (Å²) in [6.07, 6.45) is 10.5. The van der Waals surface area contributed by atoms with E-state index in [-0.39, 0.29) is 11.7 Å². The van der Waals surface area contributed by atoms with E-state index in [2.05, 4.69) is 78.7 Å². The van der Waals surface area contributed by atoms with Crippen molar-refractivity contribution in [2.75, 3.05) is 64.4 Å². The molecule has 2 rings (SSSR count). The molecule has 0 bridgehead atoms. The molecule has 1 aliphatic rings. The number of pyridine rings is 1. The molecule has 2 N–H and O–H groups in total. The molecule has 8 nitrogen and oxygen atoms in total. The zero-order chi connectivity index (χ0) is 28.8. The molecule has 1 saturated heterocycles. The molecule has 2 heterocycles. The minimum absolute atomic E-state index is 0.0499. The van der Waals surface area contributed by atoms with E-state index in [0.717, 1.165) is 65.0 Å². The fourth-order valence-electron chi connectivity index (χ4n) is 5.16. The van der Waals surface area contributed by atoms with Crippen LogP contribution in [0.5, 0.6) is 5.75 Å². The van der Waals surface area contributed by atoms with Crippen LogP contribution < -0.4 is 10.2 Å². The van der Waals surface area contributed by atoms with E-state index in [1.165, 1.54) is 17.2 Å². The van der Waals surface area contributed by atoms with Crippen LogP contribution in [0.3, 0.4) is 0 Å². The summed E-state index contributed by atoms with van der Waals surface area (Å²) in [7, 11) is 1.59. The number of nitrogens with zero attached hydrogens (tertiary/aromatic N) is 4. The minimum Gasteiger partial charge on any atom is -0.504 e. The maximum atomic E-state index is 12.3. The number of amides is 1. The number of rotatable bonds is 16. The summed E-state index contributed by atoms with van der Waals surface area (Å²) in [5.41, 5.74) is 3.18. The number of hydrogen-bond donors (Lipinski definition) is 2. The maximum absolute atomic E-state index is 12.3. The molecule has 1 amide bonds. The van der Waals surface area contributed by atoms with Crippen molar-refractivity contribution in [1.29, 1.82) is 0 Å². The normalized spacial score (nSPS) is 17.4. The Hall–Kier alpha value is -2.42. The van der Waals surface area contributed by atoms with Crippen molar-refractivity contribution < 1.29 is 14.6 Å². The van der Waals surface area contributed by atoms with Crippen molar-refractivity contribution in [2.45, 2.75) is 79.3 Å². The molecule has 1 aromatic rings. The Morgan fingerprint density at radius 1 is 1.26 bits per heavy atom. The van der Waals surface area contributed by atoms with Crippen LogP contribution in [0.15, 0.2) is 35.6 Å². The second-order valence-electron chi connectivity index (χ2n) is 10.9. The van der Waals surface area contributed by atoms with Gasteiger partial charge in [0.1, 0.15) is 0 Å². The molecule has 2 atom stereocenters. The Labute approximate surface area is 237 Å². The van der Waals surface area contributed by atoms with E-state index in [1.807, 2.05) is 0 Å². The molecule has 1 aromatic heterocycles. The highest BCUT2D eigenvalue weighted by Gasteiger charge is 2.31. The van der Waals surface area contributed by atoms with Gasteiger partial charge in [-0.15, -0.1) is 0 Å². The van der Waals surface area contributed by atoms with Crippen molar-refractivity contribution in [3.63, 3.8) is 0 Å². The number of allylic oxidation sites excluding steroid dienone is 3. The summed E-state index contributed by atoms with van der Waals surface area (Å²) in [5, 5.41) is 13.5. The van der Waals surface area contributed by atoms with Crippen molar-refractivity contribution in [3.8, 4) is 5.75 Å². The molecule has 39 heavy (non-hydrogen) atoms. The molecule has 0 spiro atoms. The monoisotopic (exact) mass is 543 g/mol. The number of nitrogens with one attached hydrogen (secondary N) is 1. The topological polar surface area (TPSA) is 81.2 Å². The van der Waals surface area contributed by atoms with Crippen LogP contribution in [0.2, 0.25) is 0 Å². The van der Waals surface area contributed by atoms with Gasteiger partial charge in [0.05, 0.1) is 12.2 Å². The molecule has 0 aromatic carbocycles. The van der Waals surface area contributed by atoms with Gasteiger partial charge in [0.2, 0.25) is 0 Å². The summed E-state index contributed by atoms with van der Waals surface area (Å²) >= 11 is 0. The summed E-state index contributed by atoms with van der Waals surface area (Å²) in [5.74, 6) is 0.342. The molecular formula is C31H53N5O3. The van der Waals surface area contributed by atoms with Crippen molar-refractivity contribution in [1.82, 2.24) is 20.1 Å². The van der Waals surface area contributed by atoms with Crippen LogP contribution in [0.25, 0.3) is 0 Å². The lowest BCUT2D eigenvalue weighted by atomic mass is 10.0. The summed E-state index contributed by atoms with van der Waals surface area (Å²) in [4.78, 5) is 24.2. The average Bonchev–Trinajstić information content (AvgIpc) is 2.93. The Balaban J connectivity index is 1.99. The fourth-order valence-corrected chi connectivity index (χ4v) is 5.16. The average molecular weight is 544 g/mol. The van der Waals surface area contributed by atoms with E-state index in [1.54, 1.807) is 13.3 Å². The fraction of sp³-hybridized carbons (Fsp3) is 0.677. The van der Waals surface area contributed by atoms with Gasteiger partial charge in [0.25, 0.3) is 5.91 Å². The Morgan fingerprint density at radius 3 is 2.64 bits per heavy atom. The smallest absolute Gasteiger partial charge is 0.253 e. The number of anilines is 1. The first-order valence-electron chi connectivity index (χ1n) is 14.8. The number of hydrogen-bond acceptors (Lipinski definition) is 7. The van der Waals surface area contributed by atoms with Gasteiger partial charge >= 0.3 is 0 Å². The zero-order valence-electron chi connectivity index (χ0n) is 25.5. The Kier molecular flexibility index (Phi) is 14.6. The lowest BCUT2D eigenvalue weighted by Gasteiger charge is -2.45. The number of ether oxygens (including phenoxy) is 1. The van der Waals surface area contributed by atoms with E-state index < -0.39 is 0 Å². The summed E-state index contributed by atoms with van der Waals surface area (Å²) in [6, 6.07) is 2.37. The highest BCUT2D eigenvalue weighted by molar-refractivity contribution is 5.94. The van der Waals surface area contributed by atoms with E-state index >= 15 is 0 Å². The predicted octanol–water partition coefficient (Wildman–Crippen LogP) is 4.86. The van der Waals surface area contributed by atoms with E-state index in [9.17, 15) is 9.90 Å². The molecule has 220 valence electrons. The number of carbonyl (C=O) groups is 1. The second-order valence-corrected chi connectivity index (χ2v) is 10.9. The third-order valence-electron chi connectivity index (χ3n) is 7.50. The van der Waals surface area contributed by atoms with E-state index in [0.29, 0.717) is 36.6 Å². The lowest BCUT2D eigenvalue weighted by Crippen LogP contribution is -2.56. The maximum Gasteiger partial charge on any atom is 0.253 e. The van der Waals surface area contributed by atoms with Gasteiger partial charge in [0, 0.05) is 58.1 Å². The molecule has 0 saturated carbocycles. The van der Waals surface area contributed by atoms with Crippen LogP contribution in [0.1, 0.15) is 77.6 Å². The number of methoxy groups -OCH3 is 1. The van der Waals surface area contributed by atoms with Crippen molar-refractivity contribution >= 4 is 11.7 Å². The number of aromatic hydroxyl groups is 1. The Bertz CT molecular complexity index is 944. The van der Waals surface area contributed by atoms with Gasteiger partial charge in [-0.25, -0.2) is 4.98 Å². The lowest BCUT2D eigenvalue weighted by molar-refractivity contribution is 0.0936. The highest BCUT2D eigenvalue weighted by atomic mass is 16.5. The standard InChI is InChI=1S/C31H53N5O3/c1-8-15-34(22-26(9-2)12-11-24(4)5)16-13-25(6)36-18-17-35(23-28(36)10-3)30-29(37)20-27(21-33-30)31(38)32-14-19-39-7/h11-12,20-21,25,28,37H,8-10,13-19,22-23H2,1-7H3,(H,32,38)/b26-12+. The molecule has 0 aliphatic carbocycles. The largest absolute Gasteiger partial charge is 0.504 e. The molecule has 8 heteroatoms. The molecule has 2 unspecified atom stereocenters. The number of piperazine rings is 1. The van der Waals surface area contributed by atoms with Gasteiger partial charge in [-0.05, 0) is 65.6 Å². The Morgan fingerprint density at radius 2 is 2.03 bits per heavy atom. The molecular weight excluding hydrogens is 490 g/mol. The molecule has 1 fully saturated rings. The molecule has 0 radical (unpaired) electrons. The minimum atomic E-state index is -0.262. The quantitative estimate of drug-likeness (QED) is 0.228. The third kappa shape index (κ3) is 10.6. The summed E-state index contributed by atoms with van der Waals surface area (Å²) in [6.45, 7) is 20.0. The highest BCUT2D eigenvalue weighted by Crippen LogP contribution is 2.29. The first kappa shape index (κ1) is 32.8. The van der Waals surface area contributed by atoms with Crippen molar-refractivity contribution in [3.05, 3.63) is 41.1 Å². The van der Waals surface area contributed by atoms with Gasteiger partial charge < -0.3 is 20.1 Å². The van der Waals surface area contributed by atoms with Gasteiger partial charge in [-0.3, -0.25) is 14.6 Å². The van der Waals surface area contributed by atoms with Crippen LogP contribution in [-0.4, -0.2) is 97.4 Å². The SMILES string of the molecule is CCCN(CCC(C)N1CCN(c2ncc(C(=O)NCCOC)cc2O)CC1CC)C/C(=C/C=C(C)C)CC. The first-order valence-corrected chi connectivity index (χ1v) is 14.8. The van der Waals surface area contributed by atoms with Crippen LogP contribution >= 0.6 is 0 Å². The zero-order valence-corrected chi connectivity index (χ0v) is 25.5. The van der Waals surface area contributed by atoms with Crippen molar-refractivity contribution in [2.24, 2.45) is 0 Å². The number of aromatic nitrogens is 1. The van der Waals surface area contributed by atoms with Gasteiger partial charge in [-0.1, -0.05) is 44.1 Å². The van der Waals surface area contributed by atoms with Crippen LogP contribution in [0, 0.1) is 0 Å². The first-order chi connectivity index (χ1) is 18.7. The van der Waals surface area contributed by atoms with Crippen LogP contribution in [-0.2, 0) is 4.74 Å². The third-order valence-corrected chi connectivity index (χ3v) is 7.50. The van der Waals surface area contributed by atoms with Crippen LogP contribution in [0.4, 0.5) is 5.82 Å². The van der Waals surface area contributed by atoms with E-state index in [4.69, 9.17) is 4.74 Å².